The zero-order chi connectivity index (χ0) is 24.4. The molecule has 9 nitrogen and oxygen atoms in total. The minimum atomic E-state index is -1.81. The van der Waals surface area contributed by atoms with Crippen molar-refractivity contribution in [3.05, 3.63) is 70.5 Å². The third-order valence-electron chi connectivity index (χ3n) is 4.95. The molecule has 1 aliphatic heterocycles. The third kappa shape index (κ3) is 5.11. The standard InChI is InChI=1S/C22H18ClF2N5O4/c23-16-6-13(28-22(33)19(31)10-3-11(24)5-12(25)4-10)1-2-15(16)17-7-27-20(26)18(30-17)21(32)29-14-8-34-9-14/h1-7,14,19,31H,8-9H2,(H2,26,27)(H,28,33)(H,29,32)/t19-/m0/s1. The lowest BCUT2D eigenvalue weighted by molar-refractivity contribution is -0.124. The van der Waals surface area contributed by atoms with E-state index in [9.17, 15) is 23.5 Å². The highest BCUT2D eigenvalue weighted by Crippen LogP contribution is 2.30. The van der Waals surface area contributed by atoms with Crippen molar-refractivity contribution in [1.82, 2.24) is 15.3 Å². The van der Waals surface area contributed by atoms with Gasteiger partial charge in [0.2, 0.25) is 0 Å². The molecule has 34 heavy (non-hydrogen) atoms. The largest absolute Gasteiger partial charge is 0.382 e. The fraction of sp³-hybridized carbons (Fsp3) is 0.182. The fourth-order valence-corrected chi connectivity index (χ4v) is 3.44. The van der Waals surface area contributed by atoms with E-state index in [4.69, 9.17) is 22.1 Å². The first-order valence-corrected chi connectivity index (χ1v) is 10.3. The summed E-state index contributed by atoms with van der Waals surface area (Å²) in [6.07, 6.45) is -0.464. The zero-order valence-electron chi connectivity index (χ0n) is 17.4. The van der Waals surface area contributed by atoms with Crippen molar-refractivity contribution in [1.29, 1.82) is 0 Å². The summed E-state index contributed by atoms with van der Waals surface area (Å²) in [7, 11) is 0. The van der Waals surface area contributed by atoms with Gasteiger partial charge in [-0.05, 0) is 35.9 Å². The number of halogens is 3. The molecule has 4 rings (SSSR count). The van der Waals surface area contributed by atoms with Crippen molar-refractivity contribution in [2.24, 2.45) is 0 Å². The molecule has 2 aromatic carbocycles. The van der Waals surface area contributed by atoms with E-state index in [0.29, 0.717) is 24.8 Å². The van der Waals surface area contributed by atoms with Gasteiger partial charge in [-0.2, -0.15) is 0 Å². The van der Waals surface area contributed by atoms with Gasteiger partial charge >= 0.3 is 0 Å². The Morgan fingerprint density at radius 1 is 1.18 bits per heavy atom. The maximum absolute atomic E-state index is 13.4. The molecule has 12 heteroatoms. The van der Waals surface area contributed by atoms with E-state index in [1.54, 1.807) is 0 Å². The highest BCUT2D eigenvalue weighted by Gasteiger charge is 2.24. The highest BCUT2D eigenvalue weighted by atomic mass is 35.5. The average molecular weight is 490 g/mol. The number of benzene rings is 2. The third-order valence-corrected chi connectivity index (χ3v) is 5.26. The van der Waals surface area contributed by atoms with Crippen molar-refractivity contribution in [3.63, 3.8) is 0 Å². The number of aromatic nitrogens is 2. The maximum Gasteiger partial charge on any atom is 0.274 e. The Hall–Kier alpha value is -3.67. The van der Waals surface area contributed by atoms with Gasteiger partial charge in [0.05, 0.1) is 36.2 Å². The number of ether oxygens (including phenoxy) is 1. The number of hydrogen-bond acceptors (Lipinski definition) is 7. The van der Waals surface area contributed by atoms with E-state index in [0.717, 1.165) is 12.1 Å². The number of aliphatic hydroxyl groups excluding tert-OH is 1. The molecule has 2 amide bonds. The number of aliphatic hydroxyl groups is 1. The summed E-state index contributed by atoms with van der Waals surface area (Å²) in [6.45, 7) is 0.807. The Labute approximate surface area is 196 Å². The smallest absolute Gasteiger partial charge is 0.274 e. The highest BCUT2D eigenvalue weighted by molar-refractivity contribution is 6.33. The van der Waals surface area contributed by atoms with E-state index in [1.165, 1.54) is 24.4 Å². The summed E-state index contributed by atoms with van der Waals surface area (Å²) in [6, 6.07) is 6.60. The topological polar surface area (TPSA) is 139 Å². The lowest BCUT2D eigenvalue weighted by atomic mass is 10.1. The van der Waals surface area contributed by atoms with E-state index in [-0.39, 0.29) is 39.5 Å². The molecule has 1 aromatic heterocycles. The van der Waals surface area contributed by atoms with Crippen LogP contribution in [0, 0.1) is 11.6 Å². The van der Waals surface area contributed by atoms with Crippen LogP contribution in [0.5, 0.6) is 0 Å². The first-order chi connectivity index (χ1) is 16.2. The van der Waals surface area contributed by atoms with Gasteiger partial charge in [-0.1, -0.05) is 11.6 Å². The summed E-state index contributed by atoms with van der Waals surface area (Å²) in [4.78, 5) is 33.1. The van der Waals surface area contributed by atoms with Crippen LogP contribution in [0.3, 0.4) is 0 Å². The molecular weight excluding hydrogens is 472 g/mol. The quantitative estimate of drug-likeness (QED) is 0.417. The summed E-state index contributed by atoms with van der Waals surface area (Å²) >= 11 is 6.34. The molecule has 0 unspecified atom stereocenters. The minimum Gasteiger partial charge on any atom is -0.382 e. The van der Waals surface area contributed by atoms with E-state index < -0.39 is 29.6 Å². The molecular formula is C22H18ClF2N5O4. The fourth-order valence-electron chi connectivity index (χ4n) is 3.16. The van der Waals surface area contributed by atoms with Gasteiger partial charge < -0.3 is 26.2 Å². The van der Waals surface area contributed by atoms with Crippen molar-refractivity contribution < 1.29 is 28.2 Å². The summed E-state index contributed by atoms with van der Waals surface area (Å²) in [5, 5.41) is 15.4. The van der Waals surface area contributed by atoms with Crippen LogP contribution in [0.25, 0.3) is 11.3 Å². The summed E-state index contributed by atoms with van der Waals surface area (Å²) in [5.41, 5.74) is 6.37. The number of nitrogens with one attached hydrogen (secondary N) is 2. The molecule has 0 bridgehead atoms. The molecule has 2 heterocycles. The first kappa shape index (κ1) is 23.5. The number of nitrogens with two attached hydrogens (primary N) is 1. The molecule has 0 aliphatic carbocycles. The Balaban J connectivity index is 1.51. The van der Waals surface area contributed by atoms with Gasteiger partial charge in [0.25, 0.3) is 11.8 Å². The molecule has 0 spiro atoms. The van der Waals surface area contributed by atoms with Crippen LogP contribution in [0.4, 0.5) is 20.3 Å². The van der Waals surface area contributed by atoms with Crippen LogP contribution in [0.15, 0.2) is 42.6 Å². The molecule has 1 aliphatic rings. The summed E-state index contributed by atoms with van der Waals surface area (Å²) < 4.78 is 31.8. The van der Waals surface area contributed by atoms with Gasteiger partial charge in [-0.25, -0.2) is 18.7 Å². The predicted octanol–water partition coefficient (Wildman–Crippen LogP) is 2.46. The number of anilines is 2. The Morgan fingerprint density at radius 2 is 1.88 bits per heavy atom. The number of rotatable bonds is 6. The second-order valence-electron chi connectivity index (χ2n) is 7.49. The van der Waals surface area contributed by atoms with Gasteiger partial charge in [0.1, 0.15) is 11.6 Å². The molecule has 0 radical (unpaired) electrons. The van der Waals surface area contributed by atoms with Crippen LogP contribution >= 0.6 is 11.6 Å². The van der Waals surface area contributed by atoms with Crippen LogP contribution in [0.2, 0.25) is 5.02 Å². The second-order valence-corrected chi connectivity index (χ2v) is 7.89. The normalized spacial score (nSPS) is 14.2. The van der Waals surface area contributed by atoms with Crippen LogP contribution < -0.4 is 16.4 Å². The Bertz CT molecular complexity index is 1250. The van der Waals surface area contributed by atoms with Gasteiger partial charge in [0, 0.05) is 17.3 Å². The number of nitrogens with zero attached hydrogens (tertiary/aromatic N) is 2. The number of amides is 2. The second kappa shape index (κ2) is 9.67. The van der Waals surface area contributed by atoms with Crippen LogP contribution in [-0.2, 0) is 9.53 Å². The van der Waals surface area contributed by atoms with Gasteiger partial charge in [-0.15, -0.1) is 0 Å². The van der Waals surface area contributed by atoms with Crippen LogP contribution in [-0.4, -0.2) is 46.1 Å². The molecule has 5 N–H and O–H groups in total. The SMILES string of the molecule is Nc1ncc(-c2ccc(NC(=O)[C@@H](O)c3cc(F)cc(F)c3)cc2Cl)nc1C(=O)NC1COC1. The molecule has 1 atom stereocenters. The average Bonchev–Trinajstić information content (AvgIpc) is 2.75. The number of hydrogen-bond donors (Lipinski definition) is 4. The Kier molecular flexibility index (Phi) is 6.68. The van der Waals surface area contributed by atoms with Gasteiger partial charge in [0.15, 0.2) is 17.6 Å². The maximum atomic E-state index is 13.4. The van der Waals surface area contributed by atoms with Crippen molar-refractivity contribution in [2.45, 2.75) is 12.1 Å². The number of carbonyl (C=O) groups excluding carboxylic acids is 2. The zero-order valence-corrected chi connectivity index (χ0v) is 18.1. The lowest BCUT2D eigenvalue weighted by Crippen LogP contribution is -2.48. The Morgan fingerprint density at radius 3 is 2.50 bits per heavy atom. The first-order valence-electron chi connectivity index (χ1n) is 9.97. The molecule has 0 saturated carbocycles. The van der Waals surface area contributed by atoms with Gasteiger partial charge in [-0.3, -0.25) is 9.59 Å². The minimum absolute atomic E-state index is 0.0516. The monoisotopic (exact) mass is 489 g/mol. The molecule has 1 fully saturated rings. The number of carbonyl (C=O) groups is 2. The van der Waals surface area contributed by atoms with Crippen molar-refractivity contribution in [3.8, 4) is 11.3 Å². The predicted molar refractivity (Wildman–Crippen MR) is 119 cm³/mol. The van der Waals surface area contributed by atoms with E-state index in [1.807, 2.05) is 0 Å². The van der Waals surface area contributed by atoms with Crippen molar-refractivity contribution >= 4 is 34.9 Å². The van der Waals surface area contributed by atoms with E-state index in [2.05, 4.69) is 20.6 Å². The summed E-state index contributed by atoms with van der Waals surface area (Å²) in [5.74, 6) is -3.31. The van der Waals surface area contributed by atoms with Crippen LogP contribution in [0.1, 0.15) is 22.2 Å². The molecule has 1 saturated heterocycles. The van der Waals surface area contributed by atoms with Crippen molar-refractivity contribution in [2.75, 3.05) is 24.3 Å². The van der Waals surface area contributed by atoms with E-state index >= 15 is 0 Å². The lowest BCUT2D eigenvalue weighted by Gasteiger charge is -2.26. The number of nitrogen functional groups attached to an aromatic ring is 1. The molecule has 3 aromatic rings. The molecule has 176 valence electrons.